The number of hydrogen-bond acceptors (Lipinski definition) is 2. The molecule has 0 fully saturated rings. The van der Waals surface area contributed by atoms with Crippen molar-refractivity contribution in [3.05, 3.63) is 58.0 Å². The summed E-state index contributed by atoms with van der Waals surface area (Å²) >= 11 is 0. The molecule has 2 aromatic rings. The molecule has 1 aromatic heterocycles. The van der Waals surface area contributed by atoms with Crippen LogP contribution in [0.4, 0.5) is 0 Å². The van der Waals surface area contributed by atoms with Crippen LogP contribution in [-0.4, -0.2) is 0 Å². The lowest BCUT2D eigenvalue weighted by atomic mass is 9.98. The maximum Gasteiger partial charge on any atom is 0.336 e. The second kappa shape index (κ2) is 4.58. The van der Waals surface area contributed by atoms with Crippen LogP contribution in [0.25, 0.3) is 11.0 Å². The fourth-order valence-corrected chi connectivity index (χ4v) is 2.18. The van der Waals surface area contributed by atoms with Crippen molar-refractivity contribution in [2.24, 2.45) is 0 Å². The highest BCUT2D eigenvalue weighted by molar-refractivity contribution is 5.84. The van der Waals surface area contributed by atoms with Crippen LogP contribution in [0.5, 0.6) is 0 Å². The number of rotatable bonds is 3. The van der Waals surface area contributed by atoms with E-state index in [9.17, 15) is 4.79 Å². The minimum atomic E-state index is -0.284. The van der Waals surface area contributed by atoms with Crippen molar-refractivity contribution in [1.29, 1.82) is 0 Å². The number of benzene rings is 1. The Morgan fingerprint density at radius 2 is 2.18 bits per heavy atom. The molecule has 17 heavy (non-hydrogen) atoms. The van der Waals surface area contributed by atoms with E-state index in [4.69, 9.17) is 4.42 Å². The minimum Gasteiger partial charge on any atom is -0.422 e. The van der Waals surface area contributed by atoms with Gasteiger partial charge in [0.05, 0.1) is 0 Å². The Hall–Kier alpha value is -1.83. The van der Waals surface area contributed by atoms with Gasteiger partial charge in [0, 0.05) is 17.0 Å². The molecular formula is C15H16O2. The third-order valence-electron chi connectivity index (χ3n) is 3.05. The molecule has 1 aromatic carbocycles. The maximum atomic E-state index is 11.5. The molecule has 0 amide bonds. The van der Waals surface area contributed by atoms with E-state index >= 15 is 0 Å². The van der Waals surface area contributed by atoms with Crippen LogP contribution >= 0.6 is 0 Å². The van der Waals surface area contributed by atoms with Crippen LogP contribution in [0.3, 0.4) is 0 Å². The summed E-state index contributed by atoms with van der Waals surface area (Å²) in [6.45, 7) is 7.80. The second-order valence-corrected chi connectivity index (χ2v) is 4.17. The maximum absolute atomic E-state index is 11.5. The van der Waals surface area contributed by atoms with Crippen molar-refractivity contribution in [2.45, 2.75) is 26.7 Å². The molecule has 0 spiro atoms. The lowest BCUT2D eigenvalue weighted by Crippen LogP contribution is -2.02. The number of fused-ring (bicyclic) bond motifs is 1. The van der Waals surface area contributed by atoms with Gasteiger partial charge in [0.2, 0.25) is 0 Å². The summed E-state index contributed by atoms with van der Waals surface area (Å²) < 4.78 is 5.37. The van der Waals surface area contributed by atoms with Gasteiger partial charge in [0.1, 0.15) is 5.58 Å². The summed E-state index contributed by atoms with van der Waals surface area (Å²) in [5.41, 5.74) is 3.69. The van der Waals surface area contributed by atoms with Crippen LogP contribution in [0, 0.1) is 6.92 Å². The summed E-state index contributed by atoms with van der Waals surface area (Å²) in [5.74, 6) is 0. The molecule has 0 atom stereocenters. The lowest BCUT2D eigenvalue weighted by Gasteiger charge is -2.10. The number of allylic oxidation sites excluding steroid dienone is 1. The van der Waals surface area contributed by atoms with Crippen LogP contribution in [0.2, 0.25) is 0 Å². The Morgan fingerprint density at radius 3 is 2.82 bits per heavy atom. The van der Waals surface area contributed by atoms with Gasteiger partial charge < -0.3 is 4.42 Å². The standard InChI is InChI=1S/C15H16O2/c1-4-6-13-11(5-2)7-8-12-10(3)9-14(16)17-15(12)13/h4,7-9H,1,5-6H2,2-3H3. The molecule has 0 aliphatic carbocycles. The van der Waals surface area contributed by atoms with Crippen molar-refractivity contribution >= 4 is 11.0 Å². The first-order valence-corrected chi connectivity index (χ1v) is 5.83. The van der Waals surface area contributed by atoms with Crippen molar-refractivity contribution < 1.29 is 4.42 Å². The predicted octanol–water partition coefficient (Wildman–Crippen LogP) is 3.39. The number of aryl methyl sites for hydroxylation is 2. The largest absolute Gasteiger partial charge is 0.422 e. The Kier molecular flexibility index (Phi) is 3.14. The molecule has 2 heteroatoms. The van der Waals surface area contributed by atoms with Gasteiger partial charge in [-0.05, 0) is 30.9 Å². The highest BCUT2D eigenvalue weighted by atomic mass is 16.4. The average Bonchev–Trinajstić information content (AvgIpc) is 2.30. The highest BCUT2D eigenvalue weighted by Crippen LogP contribution is 2.25. The molecule has 88 valence electrons. The van der Waals surface area contributed by atoms with Gasteiger partial charge in [0.15, 0.2) is 0 Å². The van der Waals surface area contributed by atoms with Crippen molar-refractivity contribution in [3.63, 3.8) is 0 Å². The van der Waals surface area contributed by atoms with Crippen molar-refractivity contribution in [1.82, 2.24) is 0 Å². The van der Waals surface area contributed by atoms with E-state index in [0.717, 1.165) is 29.4 Å². The van der Waals surface area contributed by atoms with Gasteiger partial charge >= 0.3 is 5.63 Å². The van der Waals surface area contributed by atoms with E-state index in [1.54, 1.807) is 0 Å². The highest BCUT2D eigenvalue weighted by Gasteiger charge is 2.10. The molecule has 1 heterocycles. The third-order valence-corrected chi connectivity index (χ3v) is 3.05. The first-order valence-electron chi connectivity index (χ1n) is 5.83. The summed E-state index contributed by atoms with van der Waals surface area (Å²) in [7, 11) is 0. The van der Waals surface area contributed by atoms with E-state index in [0.29, 0.717) is 5.58 Å². The molecule has 0 bridgehead atoms. The smallest absolute Gasteiger partial charge is 0.336 e. The summed E-state index contributed by atoms with van der Waals surface area (Å²) in [5, 5.41) is 1.01. The summed E-state index contributed by atoms with van der Waals surface area (Å²) in [6, 6.07) is 5.67. The Morgan fingerprint density at radius 1 is 1.41 bits per heavy atom. The zero-order chi connectivity index (χ0) is 12.4. The van der Waals surface area contributed by atoms with Crippen LogP contribution in [-0.2, 0) is 12.8 Å². The van der Waals surface area contributed by atoms with Gasteiger partial charge in [-0.2, -0.15) is 0 Å². The quantitative estimate of drug-likeness (QED) is 0.595. The molecule has 0 unspecified atom stereocenters. The van der Waals surface area contributed by atoms with Gasteiger partial charge in [-0.25, -0.2) is 4.79 Å². The summed E-state index contributed by atoms with van der Waals surface area (Å²) in [6.07, 6.45) is 3.50. The van der Waals surface area contributed by atoms with Crippen LogP contribution in [0.15, 0.2) is 40.1 Å². The monoisotopic (exact) mass is 228 g/mol. The molecule has 0 saturated heterocycles. The Balaban J connectivity index is 2.87. The molecule has 0 N–H and O–H groups in total. The average molecular weight is 228 g/mol. The van der Waals surface area contributed by atoms with Gasteiger partial charge in [0.25, 0.3) is 0 Å². The van der Waals surface area contributed by atoms with Crippen LogP contribution in [0.1, 0.15) is 23.6 Å². The van der Waals surface area contributed by atoms with Crippen LogP contribution < -0.4 is 5.63 Å². The molecule has 0 saturated carbocycles. The fraction of sp³-hybridized carbons (Fsp3) is 0.267. The van der Waals surface area contributed by atoms with E-state index < -0.39 is 0 Å². The van der Waals surface area contributed by atoms with Gasteiger partial charge in [-0.15, -0.1) is 6.58 Å². The van der Waals surface area contributed by atoms with Gasteiger partial charge in [-0.1, -0.05) is 25.1 Å². The molecule has 2 rings (SSSR count). The lowest BCUT2D eigenvalue weighted by molar-refractivity contribution is 0.556. The van der Waals surface area contributed by atoms with Gasteiger partial charge in [-0.3, -0.25) is 0 Å². The topological polar surface area (TPSA) is 30.2 Å². The van der Waals surface area contributed by atoms with Crippen molar-refractivity contribution in [2.75, 3.05) is 0 Å². The predicted molar refractivity (Wildman–Crippen MR) is 70.5 cm³/mol. The second-order valence-electron chi connectivity index (χ2n) is 4.17. The first-order chi connectivity index (χ1) is 8.17. The van der Waals surface area contributed by atoms with E-state index in [-0.39, 0.29) is 5.63 Å². The van der Waals surface area contributed by atoms with E-state index in [1.807, 2.05) is 19.1 Å². The van der Waals surface area contributed by atoms with Crippen molar-refractivity contribution in [3.8, 4) is 0 Å². The normalized spacial score (nSPS) is 10.7. The SMILES string of the molecule is C=CCc1c(CC)ccc2c(C)cc(=O)oc12. The fourth-order valence-electron chi connectivity index (χ4n) is 2.18. The molecule has 0 aliphatic heterocycles. The molecule has 2 nitrogen and oxygen atoms in total. The molecular weight excluding hydrogens is 212 g/mol. The summed E-state index contributed by atoms with van der Waals surface area (Å²) in [4.78, 5) is 11.5. The molecule has 0 radical (unpaired) electrons. The Bertz CT molecular complexity index is 621. The third kappa shape index (κ3) is 2.03. The van der Waals surface area contributed by atoms with E-state index in [2.05, 4.69) is 19.6 Å². The Labute approximate surface area is 101 Å². The first kappa shape index (κ1) is 11.6. The zero-order valence-electron chi connectivity index (χ0n) is 10.2. The van der Waals surface area contributed by atoms with E-state index in [1.165, 1.54) is 11.6 Å². The molecule has 0 aliphatic rings. The minimum absolute atomic E-state index is 0.284. The number of hydrogen-bond donors (Lipinski definition) is 0. The zero-order valence-corrected chi connectivity index (χ0v) is 10.2.